The maximum Gasteiger partial charge on any atom is 0.247 e. The van der Waals surface area contributed by atoms with Crippen LogP contribution in [0.5, 0.6) is 5.75 Å². The maximum atomic E-state index is 12.8. The van der Waals surface area contributed by atoms with E-state index in [0.29, 0.717) is 17.3 Å². The van der Waals surface area contributed by atoms with Gasteiger partial charge >= 0.3 is 0 Å². The summed E-state index contributed by atoms with van der Waals surface area (Å²) in [4.78, 5) is 0.157. The zero-order valence-corrected chi connectivity index (χ0v) is 13.6. The molecule has 1 aliphatic rings. The van der Waals surface area contributed by atoms with E-state index in [-0.39, 0.29) is 10.9 Å². The first-order chi connectivity index (χ1) is 9.37. The van der Waals surface area contributed by atoms with Crippen LogP contribution >= 0.6 is 11.6 Å². The molecule has 0 spiro atoms. The van der Waals surface area contributed by atoms with E-state index in [1.54, 1.807) is 10.4 Å². The molecule has 4 nitrogen and oxygen atoms in total. The number of halogens is 1. The summed E-state index contributed by atoms with van der Waals surface area (Å²) in [5.41, 5.74) is 0.800. The molecule has 1 saturated heterocycles. The van der Waals surface area contributed by atoms with Gasteiger partial charge in [-0.3, -0.25) is 0 Å². The van der Waals surface area contributed by atoms with Crippen molar-refractivity contribution in [1.82, 2.24) is 4.31 Å². The zero-order chi connectivity index (χ0) is 14.9. The van der Waals surface area contributed by atoms with Gasteiger partial charge in [0.1, 0.15) is 10.6 Å². The first-order valence-electron chi connectivity index (χ1n) is 6.74. The monoisotopic (exact) mass is 317 g/mol. The summed E-state index contributed by atoms with van der Waals surface area (Å²) in [6.07, 6.45) is 2.85. The number of hydrogen-bond acceptors (Lipinski definition) is 3. The Morgan fingerprint density at radius 1 is 1.35 bits per heavy atom. The zero-order valence-electron chi connectivity index (χ0n) is 12.0. The third kappa shape index (κ3) is 2.80. The van der Waals surface area contributed by atoms with Crippen LogP contribution in [0.2, 0.25) is 5.02 Å². The maximum absolute atomic E-state index is 12.8. The lowest BCUT2D eigenvalue weighted by Gasteiger charge is -2.32. The second kappa shape index (κ2) is 5.92. The van der Waals surface area contributed by atoms with Gasteiger partial charge in [0.15, 0.2) is 0 Å². The molecule has 1 aliphatic heterocycles. The van der Waals surface area contributed by atoms with Crippen LogP contribution in [0.4, 0.5) is 0 Å². The van der Waals surface area contributed by atoms with Crippen LogP contribution in [0, 0.1) is 6.92 Å². The molecule has 20 heavy (non-hydrogen) atoms. The van der Waals surface area contributed by atoms with Crippen molar-refractivity contribution in [2.75, 3.05) is 13.7 Å². The molecule has 1 aromatic carbocycles. The minimum atomic E-state index is -3.57. The van der Waals surface area contributed by atoms with Gasteiger partial charge in [0.05, 0.1) is 7.11 Å². The Bertz CT molecular complexity index is 601. The van der Waals surface area contributed by atoms with E-state index in [1.807, 2.05) is 13.8 Å². The molecule has 0 amide bonds. The standard InChI is InChI=1S/C14H20ClNO3S/c1-10-8-13(19-3)14(9-12(10)15)20(17,18)16-7-5-4-6-11(16)2/h8-9,11H,4-7H2,1-3H3/t11-/m0/s1. The van der Waals surface area contributed by atoms with Crippen molar-refractivity contribution in [2.24, 2.45) is 0 Å². The number of sulfonamides is 1. The molecular weight excluding hydrogens is 298 g/mol. The summed E-state index contributed by atoms with van der Waals surface area (Å²) in [7, 11) is -2.10. The quantitative estimate of drug-likeness (QED) is 0.860. The number of hydrogen-bond donors (Lipinski definition) is 0. The lowest BCUT2D eigenvalue weighted by Crippen LogP contribution is -2.42. The van der Waals surface area contributed by atoms with E-state index in [1.165, 1.54) is 13.2 Å². The van der Waals surface area contributed by atoms with Gasteiger partial charge in [0.25, 0.3) is 0 Å². The third-order valence-electron chi connectivity index (χ3n) is 3.77. The van der Waals surface area contributed by atoms with Gasteiger partial charge in [-0.05, 0) is 44.4 Å². The summed E-state index contributed by atoms with van der Waals surface area (Å²) < 4.78 is 32.4. The van der Waals surface area contributed by atoms with Gasteiger partial charge in [0, 0.05) is 17.6 Å². The van der Waals surface area contributed by atoms with Crippen molar-refractivity contribution in [3.63, 3.8) is 0 Å². The topological polar surface area (TPSA) is 46.6 Å². The van der Waals surface area contributed by atoms with Crippen molar-refractivity contribution in [3.05, 3.63) is 22.7 Å². The van der Waals surface area contributed by atoms with Crippen molar-refractivity contribution in [3.8, 4) is 5.75 Å². The number of aryl methyl sites for hydroxylation is 1. The van der Waals surface area contributed by atoms with Gasteiger partial charge in [-0.25, -0.2) is 8.42 Å². The Labute approximate surface area is 125 Å². The largest absolute Gasteiger partial charge is 0.495 e. The van der Waals surface area contributed by atoms with Crippen LogP contribution in [0.25, 0.3) is 0 Å². The Morgan fingerprint density at radius 2 is 2.05 bits per heavy atom. The Morgan fingerprint density at radius 3 is 2.65 bits per heavy atom. The molecule has 0 unspecified atom stereocenters. The summed E-state index contributed by atoms with van der Waals surface area (Å²) in [6, 6.07) is 3.18. The Balaban J connectivity index is 2.51. The molecular formula is C14H20ClNO3S. The molecule has 6 heteroatoms. The fourth-order valence-corrected chi connectivity index (χ4v) is 4.65. The number of nitrogens with zero attached hydrogens (tertiary/aromatic N) is 1. The highest BCUT2D eigenvalue weighted by Gasteiger charge is 2.33. The molecule has 112 valence electrons. The first-order valence-corrected chi connectivity index (χ1v) is 8.55. The average molecular weight is 318 g/mol. The summed E-state index contributed by atoms with van der Waals surface area (Å²) in [6.45, 7) is 4.32. The number of benzene rings is 1. The highest BCUT2D eigenvalue weighted by molar-refractivity contribution is 7.89. The minimum absolute atomic E-state index is 0.0125. The van der Waals surface area contributed by atoms with E-state index in [4.69, 9.17) is 16.3 Å². The smallest absolute Gasteiger partial charge is 0.247 e. The SMILES string of the molecule is COc1cc(C)c(Cl)cc1S(=O)(=O)N1CCCC[C@@H]1C. The summed E-state index contributed by atoms with van der Waals surface area (Å²) in [5.74, 6) is 0.352. The molecule has 1 fully saturated rings. The van der Waals surface area contributed by atoms with Gasteiger partial charge in [-0.2, -0.15) is 4.31 Å². The normalized spacial score (nSPS) is 20.9. The van der Waals surface area contributed by atoms with Crippen LogP contribution in [-0.4, -0.2) is 32.4 Å². The fraction of sp³-hybridized carbons (Fsp3) is 0.571. The van der Waals surface area contributed by atoms with E-state index in [2.05, 4.69) is 0 Å². The Kier molecular flexibility index (Phi) is 4.62. The Hall–Kier alpha value is -0.780. The van der Waals surface area contributed by atoms with Crippen LogP contribution in [0.1, 0.15) is 31.7 Å². The predicted octanol–water partition coefficient (Wildman–Crippen LogP) is 3.22. The van der Waals surface area contributed by atoms with Gasteiger partial charge < -0.3 is 4.74 Å². The molecule has 0 saturated carbocycles. The highest BCUT2D eigenvalue weighted by atomic mass is 35.5. The predicted molar refractivity (Wildman–Crippen MR) is 79.9 cm³/mol. The third-order valence-corrected chi connectivity index (χ3v) is 6.22. The van der Waals surface area contributed by atoms with Crippen molar-refractivity contribution < 1.29 is 13.2 Å². The minimum Gasteiger partial charge on any atom is -0.495 e. The van der Waals surface area contributed by atoms with Gasteiger partial charge in [-0.1, -0.05) is 18.0 Å². The second-order valence-electron chi connectivity index (χ2n) is 5.21. The van der Waals surface area contributed by atoms with E-state index < -0.39 is 10.0 Å². The summed E-state index contributed by atoms with van der Waals surface area (Å²) in [5, 5.41) is 0.439. The molecule has 1 aromatic rings. The number of methoxy groups -OCH3 is 1. The van der Waals surface area contributed by atoms with E-state index >= 15 is 0 Å². The van der Waals surface area contributed by atoms with Crippen LogP contribution in [0.15, 0.2) is 17.0 Å². The van der Waals surface area contributed by atoms with Gasteiger partial charge in [0.2, 0.25) is 10.0 Å². The van der Waals surface area contributed by atoms with E-state index in [0.717, 1.165) is 24.8 Å². The molecule has 0 bridgehead atoms. The highest BCUT2D eigenvalue weighted by Crippen LogP contribution is 2.34. The van der Waals surface area contributed by atoms with Crippen molar-refractivity contribution in [1.29, 1.82) is 0 Å². The molecule has 1 heterocycles. The van der Waals surface area contributed by atoms with Gasteiger partial charge in [-0.15, -0.1) is 0 Å². The average Bonchev–Trinajstić information content (AvgIpc) is 2.41. The molecule has 1 atom stereocenters. The fourth-order valence-electron chi connectivity index (χ4n) is 2.55. The lowest BCUT2D eigenvalue weighted by atomic mass is 10.1. The number of rotatable bonds is 3. The molecule has 0 aromatic heterocycles. The van der Waals surface area contributed by atoms with Crippen molar-refractivity contribution >= 4 is 21.6 Å². The van der Waals surface area contributed by atoms with Crippen LogP contribution in [0.3, 0.4) is 0 Å². The van der Waals surface area contributed by atoms with Crippen LogP contribution < -0.4 is 4.74 Å². The first kappa shape index (κ1) is 15.6. The second-order valence-corrected chi connectivity index (χ2v) is 7.48. The molecule has 0 aliphatic carbocycles. The molecule has 0 N–H and O–H groups in total. The number of ether oxygens (including phenoxy) is 1. The molecule has 2 rings (SSSR count). The molecule has 0 radical (unpaired) electrons. The van der Waals surface area contributed by atoms with Crippen molar-refractivity contribution in [2.45, 2.75) is 44.0 Å². The summed E-state index contributed by atoms with van der Waals surface area (Å²) >= 11 is 6.09. The number of piperidine rings is 1. The van der Waals surface area contributed by atoms with E-state index in [9.17, 15) is 8.42 Å². The lowest BCUT2D eigenvalue weighted by molar-refractivity contribution is 0.267. The van der Waals surface area contributed by atoms with Crippen LogP contribution in [-0.2, 0) is 10.0 Å².